The Morgan fingerprint density at radius 1 is 1.44 bits per heavy atom. The van der Waals surface area contributed by atoms with Gasteiger partial charge in [0.15, 0.2) is 5.78 Å². The lowest BCUT2D eigenvalue weighted by atomic mass is 9.84. The highest BCUT2D eigenvalue weighted by Crippen LogP contribution is 2.34. The van der Waals surface area contributed by atoms with Gasteiger partial charge >= 0.3 is 0 Å². The second kappa shape index (κ2) is 5.10. The Bertz CT molecular complexity index is 393. The van der Waals surface area contributed by atoms with E-state index >= 15 is 0 Å². The predicted molar refractivity (Wildman–Crippen MR) is 68.9 cm³/mol. The number of rotatable bonds is 2. The average Bonchev–Trinajstić information content (AvgIpc) is 2.33. The van der Waals surface area contributed by atoms with Crippen molar-refractivity contribution in [2.24, 2.45) is 5.73 Å². The number of ether oxygens (including phenoxy) is 1. The molecule has 0 aromatic carbocycles. The number of hydrogen-bond acceptors (Lipinski definition) is 4. The van der Waals surface area contributed by atoms with Crippen LogP contribution in [0.15, 0.2) is 11.5 Å². The van der Waals surface area contributed by atoms with E-state index in [1.165, 1.54) is 0 Å². The van der Waals surface area contributed by atoms with Crippen LogP contribution < -0.4 is 16.0 Å². The van der Waals surface area contributed by atoms with Gasteiger partial charge in [0, 0.05) is 12.8 Å². The molecule has 2 heterocycles. The Labute approximate surface area is 107 Å². The predicted octanol–water partition coefficient (Wildman–Crippen LogP) is -1.17. The largest absolute Gasteiger partial charge is 0.479 e. The van der Waals surface area contributed by atoms with E-state index in [2.05, 4.69) is 10.3 Å². The van der Waals surface area contributed by atoms with Crippen molar-refractivity contribution in [3.05, 3.63) is 11.5 Å². The molecule has 100 valence electrons. The topological polar surface area (TPSA) is 78.3 Å². The first kappa shape index (κ1) is 13.1. The Hall–Kier alpha value is -1.36. The minimum Gasteiger partial charge on any atom is -0.479 e. The van der Waals surface area contributed by atoms with Gasteiger partial charge in [-0.1, -0.05) is 0 Å². The first-order valence-corrected chi connectivity index (χ1v) is 6.54. The standard InChI is InChI=1S/C13H21N3O2/c1-9(2)16-8-11-12(14)10(17)7-13(18-11)3-5-15-6-4-13/h8-9,15H,3-7,14H2,1-2H3/p+1. The summed E-state index contributed by atoms with van der Waals surface area (Å²) in [5.41, 5.74) is 5.71. The van der Waals surface area contributed by atoms with Gasteiger partial charge in [0.2, 0.25) is 12.0 Å². The van der Waals surface area contributed by atoms with Crippen LogP contribution in [-0.2, 0) is 9.53 Å². The summed E-state index contributed by atoms with van der Waals surface area (Å²) in [6.45, 7) is 5.83. The fourth-order valence-electron chi connectivity index (χ4n) is 2.36. The molecule has 0 radical (unpaired) electrons. The van der Waals surface area contributed by atoms with Crippen LogP contribution in [0, 0.1) is 0 Å². The van der Waals surface area contributed by atoms with Crippen LogP contribution in [0.4, 0.5) is 0 Å². The van der Waals surface area contributed by atoms with Crippen LogP contribution in [0.3, 0.4) is 0 Å². The summed E-state index contributed by atoms with van der Waals surface area (Å²) in [5.74, 6) is 0.502. The summed E-state index contributed by atoms with van der Waals surface area (Å²) in [5, 5.41) is 3.28. The smallest absolute Gasteiger partial charge is 0.210 e. The number of carbonyl (C=O) groups is 1. The Morgan fingerprint density at radius 2 is 2.11 bits per heavy atom. The van der Waals surface area contributed by atoms with Gasteiger partial charge in [-0.2, -0.15) is 0 Å². The Morgan fingerprint density at radius 3 is 2.72 bits per heavy atom. The first-order chi connectivity index (χ1) is 8.52. The highest BCUT2D eigenvalue weighted by molar-refractivity contribution is 6.00. The molecule has 5 nitrogen and oxygen atoms in total. The van der Waals surface area contributed by atoms with Gasteiger partial charge in [0.1, 0.15) is 17.3 Å². The maximum absolute atomic E-state index is 12.0. The number of piperidine rings is 1. The molecule has 0 amide bonds. The second-order valence-corrected chi connectivity index (χ2v) is 5.38. The number of nitrogens with one attached hydrogen (secondary N) is 2. The van der Waals surface area contributed by atoms with Crippen molar-refractivity contribution in [2.45, 2.75) is 44.8 Å². The van der Waals surface area contributed by atoms with E-state index in [0.717, 1.165) is 25.9 Å². The van der Waals surface area contributed by atoms with Gasteiger partial charge in [-0.15, -0.1) is 0 Å². The molecular weight excluding hydrogens is 230 g/mol. The monoisotopic (exact) mass is 252 g/mol. The Kier molecular flexibility index (Phi) is 3.71. The van der Waals surface area contributed by atoms with E-state index in [-0.39, 0.29) is 23.1 Å². The lowest BCUT2D eigenvalue weighted by Gasteiger charge is -2.39. The molecule has 0 aromatic heterocycles. The third-order valence-electron chi connectivity index (χ3n) is 3.44. The summed E-state index contributed by atoms with van der Waals surface area (Å²) in [4.78, 5) is 15.1. The van der Waals surface area contributed by atoms with Crippen LogP contribution in [0.2, 0.25) is 0 Å². The zero-order valence-corrected chi connectivity index (χ0v) is 11.1. The van der Waals surface area contributed by atoms with E-state index < -0.39 is 0 Å². The molecule has 0 bridgehead atoms. The molecule has 1 saturated heterocycles. The summed E-state index contributed by atoms with van der Waals surface area (Å²) >= 11 is 0. The van der Waals surface area contributed by atoms with Gasteiger partial charge in [-0.25, -0.2) is 4.99 Å². The summed E-state index contributed by atoms with van der Waals surface area (Å²) in [6, 6.07) is 0.287. The number of ketones is 1. The van der Waals surface area contributed by atoms with Crippen LogP contribution in [0.5, 0.6) is 0 Å². The van der Waals surface area contributed by atoms with Gasteiger partial charge in [-0.05, 0) is 26.9 Å². The van der Waals surface area contributed by atoms with Gasteiger partial charge < -0.3 is 15.8 Å². The van der Waals surface area contributed by atoms with Crippen LogP contribution in [-0.4, -0.2) is 36.7 Å². The van der Waals surface area contributed by atoms with E-state index in [0.29, 0.717) is 12.2 Å². The molecule has 0 unspecified atom stereocenters. The number of Topliss-reactive ketones (excluding diaryl/α,β-unsaturated/α-hetero) is 1. The average molecular weight is 252 g/mol. The lowest BCUT2D eigenvalue weighted by molar-refractivity contribution is -0.488. The van der Waals surface area contributed by atoms with Gasteiger partial charge in [0.25, 0.3) is 0 Å². The molecule has 0 aliphatic carbocycles. The van der Waals surface area contributed by atoms with Gasteiger partial charge in [0.05, 0.1) is 6.42 Å². The number of allylic oxidation sites excluding steroid dienone is 2. The molecule has 1 spiro atoms. The number of carbonyl (C=O) groups excluding carboxylic acids is 1. The maximum Gasteiger partial charge on any atom is 0.210 e. The van der Waals surface area contributed by atoms with Crippen molar-refractivity contribution in [2.75, 3.05) is 13.1 Å². The molecule has 5 heteroatoms. The minimum absolute atomic E-state index is 0.0000406. The third-order valence-corrected chi connectivity index (χ3v) is 3.44. The highest BCUT2D eigenvalue weighted by atomic mass is 16.5. The lowest BCUT2D eigenvalue weighted by Crippen LogP contribution is -2.74. The molecule has 0 atom stereocenters. The highest BCUT2D eigenvalue weighted by Gasteiger charge is 2.42. The van der Waals surface area contributed by atoms with Crippen LogP contribution >= 0.6 is 0 Å². The molecular formula is C13H22N3O2+. The normalized spacial score (nSPS) is 24.1. The van der Waals surface area contributed by atoms with E-state index in [4.69, 9.17) is 10.5 Å². The molecule has 18 heavy (non-hydrogen) atoms. The molecule has 4 N–H and O–H groups in total. The van der Waals surface area contributed by atoms with E-state index in [1.54, 1.807) is 6.21 Å². The van der Waals surface area contributed by atoms with Gasteiger partial charge in [-0.3, -0.25) is 4.79 Å². The number of hydrogen-bond donors (Lipinski definition) is 3. The van der Waals surface area contributed by atoms with E-state index in [1.807, 2.05) is 13.8 Å². The summed E-state index contributed by atoms with van der Waals surface area (Å²) < 4.78 is 6.02. The van der Waals surface area contributed by atoms with E-state index in [9.17, 15) is 4.79 Å². The van der Waals surface area contributed by atoms with Crippen LogP contribution in [0.25, 0.3) is 0 Å². The SMILES string of the molecule is CC(C)[NH+]=CC1=C(N)C(=O)CC2(CCNCC2)O1. The fraction of sp³-hybridized carbons (Fsp3) is 0.692. The van der Waals surface area contributed by atoms with Crippen molar-refractivity contribution in [1.29, 1.82) is 0 Å². The van der Waals surface area contributed by atoms with Crippen molar-refractivity contribution >= 4 is 12.0 Å². The molecule has 1 fully saturated rings. The Balaban J connectivity index is 2.21. The summed E-state index contributed by atoms with van der Waals surface area (Å²) in [6.07, 6.45) is 3.83. The molecule has 2 aliphatic heterocycles. The fourth-order valence-corrected chi connectivity index (χ4v) is 2.36. The van der Waals surface area contributed by atoms with Crippen molar-refractivity contribution in [3.63, 3.8) is 0 Å². The second-order valence-electron chi connectivity index (χ2n) is 5.38. The third kappa shape index (κ3) is 2.72. The summed E-state index contributed by atoms with van der Waals surface area (Å²) in [7, 11) is 0. The zero-order chi connectivity index (χ0) is 13.2. The zero-order valence-electron chi connectivity index (χ0n) is 11.1. The number of nitrogens with two attached hydrogens (primary N) is 1. The van der Waals surface area contributed by atoms with Crippen LogP contribution in [0.1, 0.15) is 33.1 Å². The quantitative estimate of drug-likeness (QED) is 0.541. The van der Waals surface area contributed by atoms with Crippen molar-refractivity contribution in [1.82, 2.24) is 5.32 Å². The first-order valence-electron chi connectivity index (χ1n) is 6.54. The van der Waals surface area contributed by atoms with Crippen molar-refractivity contribution < 1.29 is 14.5 Å². The van der Waals surface area contributed by atoms with Crippen molar-refractivity contribution in [3.8, 4) is 0 Å². The molecule has 0 saturated carbocycles. The molecule has 2 rings (SSSR count). The molecule has 0 aromatic rings. The minimum atomic E-state index is -0.351. The maximum atomic E-state index is 12.0. The molecule has 2 aliphatic rings.